The minimum Gasteiger partial charge on any atom is -0.444 e. The number of carbonyl (C=O) groups excluding carboxylic acids is 2. The molecule has 1 atom stereocenters. The summed E-state index contributed by atoms with van der Waals surface area (Å²) in [6.45, 7) is 5.33. The zero-order chi connectivity index (χ0) is 12.9. The fraction of sp³-hybridized carbons (Fsp3) is 0.545. The third-order valence-corrected chi connectivity index (χ3v) is 1.92. The predicted molar refractivity (Wildman–Crippen MR) is 61.4 cm³/mol. The highest BCUT2D eigenvalue weighted by Crippen LogP contribution is 2.14. The Labute approximate surface area is 99.8 Å². The summed E-state index contributed by atoms with van der Waals surface area (Å²) in [6, 6.07) is -0.440. The normalized spacial score (nSPS) is 12.9. The second kappa shape index (κ2) is 5.47. The molecular weight excluding hydrogens is 222 g/mol. The van der Waals surface area contributed by atoms with Gasteiger partial charge in [-0.05, 0) is 20.8 Å². The van der Waals surface area contributed by atoms with E-state index in [4.69, 9.17) is 4.74 Å². The monoisotopic (exact) mass is 239 g/mol. The van der Waals surface area contributed by atoms with Gasteiger partial charge in [-0.3, -0.25) is 0 Å². The molecule has 0 aliphatic heterocycles. The van der Waals surface area contributed by atoms with Gasteiger partial charge in [0.15, 0.2) is 0 Å². The molecule has 1 amide bonds. The van der Waals surface area contributed by atoms with Crippen molar-refractivity contribution in [2.45, 2.75) is 38.8 Å². The van der Waals surface area contributed by atoms with Crippen LogP contribution in [0.4, 0.5) is 4.79 Å². The number of H-pyrrole nitrogens is 1. The minimum absolute atomic E-state index is 0.168. The standard InChI is InChI=1S/C11H17N3O3/c1-11(2,3)17-10(16)14-8(4-5-15)9-6-12-7-13-9/h5-8H,4H2,1-3H3,(H,12,13)(H,14,16)/t8-/m1/s1. The molecule has 0 saturated heterocycles. The SMILES string of the molecule is CC(C)(C)OC(=O)N[C@H](CC=O)c1cnc[nH]1. The van der Waals surface area contributed by atoms with Gasteiger partial charge in [-0.1, -0.05) is 0 Å². The van der Waals surface area contributed by atoms with Crippen LogP contribution in [-0.4, -0.2) is 27.9 Å². The Morgan fingerprint density at radius 2 is 2.35 bits per heavy atom. The third kappa shape index (κ3) is 4.67. The Morgan fingerprint density at radius 1 is 1.65 bits per heavy atom. The maximum atomic E-state index is 11.6. The van der Waals surface area contributed by atoms with Crippen LogP contribution in [-0.2, 0) is 9.53 Å². The van der Waals surface area contributed by atoms with Gasteiger partial charge in [0.2, 0.25) is 0 Å². The van der Waals surface area contributed by atoms with Crippen LogP contribution in [0.25, 0.3) is 0 Å². The molecule has 94 valence electrons. The Kier molecular flexibility index (Phi) is 4.25. The number of amides is 1. The van der Waals surface area contributed by atoms with Gasteiger partial charge >= 0.3 is 6.09 Å². The van der Waals surface area contributed by atoms with E-state index in [0.29, 0.717) is 5.69 Å². The maximum Gasteiger partial charge on any atom is 0.408 e. The Bertz CT molecular complexity index is 368. The van der Waals surface area contributed by atoms with E-state index >= 15 is 0 Å². The van der Waals surface area contributed by atoms with Gasteiger partial charge in [-0.25, -0.2) is 9.78 Å². The van der Waals surface area contributed by atoms with Gasteiger partial charge in [-0.2, -0.15) is 0 Å². The van der Waals surface area contributed by atoms with Gasteiger partial charge in [0, 0.05) is 6.42 Å². The number of imidazole rings is 1. The highest BCUT2D eigenvalue weighted by molar-refractivity contribution is 5.69. The van der Waals surface area contributed by atoms with Crippen molar-refractivity contribution in [1.29, 1.82) is 0 Å². The van der Waals surface area contributed by atoms with Crippen LogP contribution in [0.3, 0.4) is 0 Å². The van der Waals surface area contributed by atoms with Crippen molar-refractivity contribution in [3.05, 3.63) is 18.2 Å². The van der Waals surface area contributed by atoms with E-state index in [0.717, 1.165) is 6.29 Å². The van der Waals surface area contributed by atoms with Crippen molar-refractivity contribution in [2.24, 2.45) is 0 Å². The maximum absolute atomic E-state index is 11.6. The number of nitrogens with one attached hydrogen (secondary N) is 2. The largest absolute Gasteiger partial charge is 0.444 e. The molecule has 0 aliphatic carbocycles. The van der Waals surface area contributed by atoms with Gasteiger partial charge in [-0.15, -0.1) is 0 Å². The lowest BCUT2D eigenvalue weighted by Gasteiger charge is -2.22. The summed E-state index contributed by atoms with van der Waals surface area (Å²) in [5, 5.41) is 2.61. The summed E-state index contributed by atoms with van der Waals surface area (Å²) in [4.78, 5) is 28.8. The summed E-state index contributed by atoms with van der Waals surface area (Å²) in [6.07, 6.45) is 3.40. The van der Waals surface area contributed by atoms with E-state index in [1.807, 2.05) is 0 Å². The molecule has 1 aromatic rings. The molecule has 6 heteroatoms. The lowest BCUT2D eigenvalue weighted by atomic mass is 10.1. The molecular formula is C11H17N3O3. The lowest BCUT2D eigenvalue weighted by Crippen LogP contribution is -2.35. The number of hydrogen-bond acceptors (Lipinski definition) is 4. The number of aromatic nitrogens is 2. The van der Waals surface area contributed by atoms with Crippen LogP contribution in [0, 0.1) is 0 Å². The minimum atomic E-state index is -0.566. The van der Waals surface area contributed by atoms with Crippen LogP contribution in [0.2, 0.25) is 0 Å². The highest BCUT2D eigenvalue weighted by atomic mass is 16.6. The molecule has 17 heavy (non-hydrogen) atoms. The van der Waals surface area contributed by atoms with Crippen LogP contribution >= 0.6 is 0 Å². The molecule has 1 aromatic heterocycles. The molecule has 0 unspecified atom stereocenters. The van der Waals surface area contributed by atoms with Crippen LogP contribution in [0.15, 0.2) is 12.5 Å². The zero-order valence-corrected chi connectivity index (χ0v) is 10.2. The zero-order valence-electron chi connectivity index (χ0n) is 10.2. The first-order chi connectivity index (χ1) is 7.92. The number of rotatable bonds is 4. The summed E-state index contributed by atoms with van der Waals surface area (Å²) in [5.74, 6) is 0. The van der Waals surface area contributed by atoms with E-state index in [1.54, 1.807) is 27.0 Å². The van der Waals surface area contributed by atoms with Gasteiger partial charge < -0.3 is 19.8 Å². The average molecular weight is 239 g/mol. The van der Waals surface area contributed by atoms with Crippen molar-refractivity contribution in [3.63, 3.8) is 0 Å². The second-order valence-corrected chi connectivity index (χ2v) is 4.61. The smallest absolute Gasteiger partial charge is 0.408 e. The Balaban J connectivity index is 2.62. The molecule has 0 aliphatic rings. The molecule has 2 N–H and O–H groups in total. The molecule has 0 saturated carbocycles. The molecule has 0 spiro atoms. The molecule has 1 rings (SSSR count). The fourth-order valence-corrected chi connectivity index (χ4v) is 1.27. The third-order valence-electron chi connectivity index (χ3n) is 1.92. The first kappa shape index (κ1) is 13.2. The summed E-state index contributed by atoms with van der Waals surface area (Å²) in [5.41, 5.74) is 0.104. The molecule has 0 bridgehead atoms. The van der Waals surface area contributed by atoms with E-state index in [-0.39, 0.29) is 6.42 Å². The van der Waals surface area contributed by atoms with Crippen molar-refractivity contribution >= 4 is 12.4 Å². The first-order valence-corrected chi connectivity index (χ1v) is 5.34. The van der Waals surface area contributed by atoms with E-state index in [1.165, 1.54) is 6.33 Å². The molecule has 1 heterocycles. The van der Waals surface area contributed by atoms with Gasteiger partial charge in [0.05, 0.1) is 24.3 Å². The molecule has 0 aromatic carbocycles. The Morgan fingerprint density at radius 3 is 2.82 bits per heavy atom. The van der Waals surface area contributed by atoms with Gasteiger partial charge in [0.1, 0.15) is 11.9 Å². The first-order valence-electron chi connectivity index (χ1n) is 5.34. The summed E-state index contributed by atoms with van der Waals surface area (Å²) in [7, 11) is 0. The topological polar surface area (TPSA) is 84.1 Å². The molecule has 6 nitrogen and oxygen atoms in total. The van der Waals surface area contributed by atoms with Crippen molar-refractivity contribution in [1.82, 2.24) is 15.3 Å². The van der Waals surface area contributed by atoms with Crippen LogP contribution in [0.5, 0.6) is 0 Å². The lowest BCUT2D eigenvalue weighted by molar-refractivity contribution is -0.108. The number of aromatic amines is 1. The number of hydrogen-bond donors (Lipinski definition) is 2. The summed E-state index contributed by atoms with van der Waals surface area (Å²) < 4.78 is 5.11. The molecule has 0 fully saturated rings. The van der Waals surface area contributed by atoms with Crippen LogP contribution < -0.4 is 5.32 Å². The Hall–Kier alpha value is -1.85. The van der Waals surface area contributed by atoms with Crippen molar-refractivity contribution in [3.8, 4) is 0 Å². The number of ether oxygens (including phenoxy) is 1. The number of aldehydes is 1. The highest BCUT2D eigenvalue weighted by Gasteiger charge is 2.20. The summed E-state index contributed by atoms with van der Waals surface area (Å²) >= 11 is 0. The average Bonchev–Trinajstić information content (AvgIpc) is 2.66. The predicted octanol–water partition coefficient (Wildman–Crippen LogP) is 1.56. The van der Waals surface area contributed by atoms with Crippen LogP contribution in [0.1, 0.15) is 38.9 Å². The quantitative estimate of drug-likeness (QED) is 0.781. The van der Waals surface area contributed by atoms with Crippen molar-refractivity contribution < 1.29 is 14.3 Å². The molecule has 0 radical (unpaired) electrons. The van der Waals surface area contributed by atoms with E-state index < -0.39 is 17.7 Å². The second-order valence-electron chi connectivity index (χ2n) is 4.61. The fourth-order valence-electron chi connectivity index (χ4n) is 1.27. The van der Waals surface area contributed by atoms with Gasteiger partial charge in [0.25, 0.3) is 0 Å². The number of nitrogens with zero attached hydrogens (tertiary/aromatic N) is 1. The van der Waals surface area contributed by atoms with E-state index in [2.05, 4.69) is 15.3 Å². The number of alkyl carbamates (subject to hydrolysis) is 1. The number of carbonyl (C=O) groups is 2. The van der Waals surface area contributed by atoms with E-state index in [9.17, 15) is 9.59 Å². The van der Waals surface area contributed by atoms with Crippen molar-refractivity contribution in [2.75, 3.05) is 0 Å².